The van der Waals surface area contributed by atoms with E-state index in [1.807, 2.05) is 0 Å². The lowest BCUT2D eigenvalue weighted by Gasteiger charge is -2.19. The third-order valence-electron chi connectivity index (χ3n) is 2.18. The fourth-order valence-electron chi connectivity index (χ4n) is 1.48. The van der Waals surface area contributed by atoms with Gasteiger partial charge in [-0.05, 0) is 22.0 Å². The summed E-state index contributed by atoms with van der Waals surface area (Å²) in [6.07, 6.45) is 1.46. The Balaban J connectivity index is 3.21. The molecule has 0 spiro atoms. The lowest BCUT2D eigenvalue weighted by atomic mass is 10.2. The topological polar surface area (TPSA) is 76.6 Å². The summed E-state index contributed by atoms with van der Waals surface area (Å²) in [5.74, 6) is -1.19. The Morgan fingerprint density at radius 1 is 1.26 bits per heavy atom. The van der Waals surface area contributed by atoms with Crippen molar-refractivity contribution in [1.82, 2.24) is 4.98 Å². The van der Waals surface area contributed by atoms with Gasteiger partial charge in [-0.2, -0.15) is 0 Å². The number of halogens is 1. The van der Waals surface area contributed by atoms with Crippen molar-refractivity contribution in [2.75, 3.05) is 4.90 Å². The summed E-state index contributed by atoms with van der Waals surface area (Å²) >= 11 is 3.24. The molecule has 0 fully saturated rings. The number of imide groups is 1. The first-order valence-electron chi connectivity index (χ1n) is 5.42. The molecule has 6 nitrogen and oxygen atoms in total. The molecule has 0 saturated heterocycles. The van der Waals surface area contributed by atoms with Gasteiger partial charge in [-0.1, -0.05) is 0 Å². The molecule has 102 valence electrons. The average Bonchev–Trinajstić information content (AvgIpc) is 2.28. The Labute approximate surface area is 118 Å². The molecule has 1 aromatic heterocycles. The number of ether oxygens (including phenoxy) is 1. The molecule has 1 heterocycles. The Morgan fingerprint density at radius 2 is 1.84 bits per heavy atom. The number of hydrogen-bond donors (Lipinski definition) is 0. The van der Waals surface area contributed by atoms with Crippen LogP contribution in [0.4, 0.5) is 5.82 Å². The lowest BCUT2D eigenvalue weighted by molar-refractivity contribution is -0.142. The number of carbonyl (C=O) groups excluding carboxylic acids is 3. The van der Waals surface area contributed by atoms with Crippen LogP contribution in [0.25, 0.3) is 0 Å². The van der Waals surface area contributed by atoms with E-state index in [1.54, 1.807) is 6.07 Å². The zero-order valence-electron chi connectivity index (χ0n) is 10.8. The first-order chi connectivity index (χ1) is 8.82. The van der Waals surface area contributed by atoms with Crippen LogP contribution in [0.3, 0.4) is 0 Å². The third kappa shape index (κ3) is 4.13. The number of amides is 2. The molecule has 0 aromatic carbocycles. The summed E-state index contributed by atoms with van der Waals surface area (Å²) in [6, 6.07) is 1.64. The highest BCUT2D eigenvalue weighted by atomic mass is 79.9. The van der Waals surface area contributed by atoms with Gasteiger partial charge in [0.25, 0.3) is 0 Å². The number of carbonyl (C=O) groups is 3. The van der Waals surface area contributed by atoms with Gasteiger partial charge in [-0.15, -0.1) is 0 Å². The van der Waals surface area contributed by atoms with Crippen molar-refractivity contribution in [2.45, 2.75) is 27.4 Å². The van der Waals surface area contributed by atoms with E-state index in [2.05, 4.69) is 20.9 Å². The highest BCUT2D eigenvalue weighted by molar-refractivity contribution is 9.10. The Hall–Kier alpha value is -1.76. The van der Waals surface area contributed by atoms with Crippen LogP contribution in [-0.4, -0.2) is 22.8 Å². The minimum absolute atomic E-state index is 0.0613. The number of aromatic nitrogens is 1. The Bertz CT molecular complexity index is 516. The van der Waals surface area contributed by atoms with Crippen LogP contribution in [0.5, 0.6) is 0 Å². The van der Waals surface area contributed by atoms with Crippen molar-refractivity contribution in [3.63, 3.8) is 0 Å². The van der Waals surface area contributed by atoms with Crippen LogP contribution < -0.4 is 4.90 Å². The maximum absolute atomic E-state index is 11.5. The summed E-state index contributed by atoms with van der Waals surface area (Å²) in [7, 11) is 0. The predicted molar refractivity (Wildman–Crippen MR) is 71.2 cm³/mol. The van der Waals surface area contributed by atoms with E-state index in [1.165, 1.54) is 27.0 Å². The molecule has 0 bridgehead atoms. The molecule has 0 N–H and O–H groups in total. The monoisotopic (exact) mass is 328 g/mol. The van der Waals surface area contributed by atoms with Gasteiger partial charge in [-0.25, -0.2) is 9.88 Å². The van der Waals surface area contributed by atoms with Crippen molar-refractivity contribution in [3.05, 3.63) is 22.3 Å². The zero-order valence-corrected chi connectivity index (χ0v) is 12.4. The van der Waals surface area contributed by atoms with Crippen LogP contribution >= 0.6 is 15.9 Å². The molecule has 2 amide bonds. The van der Waals surface area contributed by atoms with E-state index in [0.29, 0.717) is 10.0 Å². The van der Waals surface area contributed by atoms with Crippen LogP contribution in [0.1, 0.15) is 26.3 Å². The summed E-state index contributed by atoms with van der Waals surface area (Å²) in [6.45, 7) is 3.74. The molecule has 1 aromatic rings. The van der Waals surface area contributed by atoms with E-state index in [4.69, 9.17) is 4.74 Å². The lowest BCUT2D eigenvalue weighted by Crippen LogP contribution is -2.34. The van der Waals surface area contributed by atoms with Crippen LogP contribution in [0, 0.1) is 0 Å². The van der Waals surface area contributed by atoms with Crippen molar-refractivity contribution in [3.8, 4) is 0 Å². The number of pyridine rings is 1. The van der Waals surface area contributed by atoms with Crippen molar-refractivity contribution in [2.24, 2.45) is 0 Å². The number of anilines is 1. The zero-order chi connectivity index (χ0) is 14.6. The smallest absolute Gasteiger partial charge is 0.302 e. The summed E-state index contributed by atoms with van der Waals surface area (Å²) in [5, 5.41) is 0. The van der Waals surface area contributed by atoms with Gasteiger partial charge in [0.05, 0.1) is 0 Å². The van der Waals surface area contributed by atoms with Gasteiger partial charge in [0.2, 0.25) is 11.8 Å². The molecule has 0 aliphatic carbocycles. The molecule has 0 unspecified atom stereocenters. The maximum atomic E-state index is 11.5. The molecule has 0 atom stereocenters. The fourth-order valence-corrected chi connectivity index (χ4v) is 1.86. The quantitative estimate of drug-likeness (QED) is 0.791. The van der Waals surface area contributed by atoms with Gasteiger partial charge < -0.3 is 4.74 Å². The molecule has 0 radical (unpaired) electrons. The number of rotatable bonds is 3. The minimum atomic E-state index is -0.455. The van der Waals surface area contributed by atoms with E-state index < -0.39 is 17.8 Å². The molecule has 19 heavy (non-hydrogen) atoms. The predicted octanol–water partition coefficient (Wildman–Crippen LogP) is 1.81. The Kier molecular flexibility index (Phi) is 5.17. The third-order valence-corrected chi connectivity index (χ3v) is 2.62. The molecular formula is C12H13BrN2O4. The molecule has 0 aliphatic rings. The fraction of sp³-hybridized carbons (Fsp3) is 0.333. The van der Waals surface area contributed by atoms with E-state index in [0.717, 1.165) is 4.90 Å². The van der Waals surface area contributed by atoms with Gasteiger partial charge >= 0.3 is 5.97 Å². The van der Waals surface area contributed by atoms with Gasteiger partial charge in [0.15, 0.2) is 0 Å². The second kappa shape index (κ2) is 6.42. The summed E-state index contributed by atoms with van der Waals surface area (Å²) in [5.41, 5.74) is 0.468. The SMILES string of the molecule is CC(=O)OCc1cc(Br)cnc1N(C(C)=O)C(C)=O. The molecule has 7 heteroatoms. The summed E-state index contributed by atoms with van der Waals surface area (Å²) < 4.78 is 5.54. The van der Waals surface area contributed by atoms with Gasteiger partial charge in [0, 0.05) is 37.0 Å². The number of hydrogen-bond acceptors (Lipinski definition) is 5. The van der Waals surface area contributed by atoms with Crippen molar-refractivity contribution >= 4 is 39.5 Å². The largest absolute Gasteiger partial charge is 0.461 e. The van der Waals surface area contributed by atoms with Crippen LogP contribution in [-0.2, 0) is 25.7 Å². The highest BCUT2D eigenvalue weighted by Crippen LogP contribution is 2.23. The number of esters is 1. The normalized spacial score (nSPS) is 9.89. The van der Waals surface area contributed by atoms with Crippen LogP contribution in [0.15, 0.2) is 16.7 Å². The first kappa shape index (κ1) is 15.3. The van der Waals surface area contributed by atoms with Gasteiger partial charge in [0.1, 0.15) is 12.4 Å². The highest BCUT2D eigenvalue weighted by Gasteiger charge is 2.21. The molecule has 1 rings (SSSR count). The standard InChI is InChI=1S/C12H13BrN2O4/c1-7(16)15(8(2)17)12-10(6-19-9(3)18)4-11(13)5-14-12/h4-5H,6H2,1-3H3. The van der Waals surface area contributed by atoms with Crippen molar-refractivity contribution < 1.29 is 19.1 Å². The first-order valence-corrected chi connectivity index (χ1v) is 6.21. The van der Waals surface area contributed by atoms with Crippen LogP contribution in [0.2, 0.25) is 0 Å². The summed E-state index contributed by atoms with van der Waals surface area (Å²) in [4.78, 5) is 38.8. The molecule has 0 aliphatic heterocycles. The maximum Gasteiger partial charge on any atom is 0.302 e. The average molecular weight is 329 g/mol. The van der Waals surface area contributed by atoms with E-state index in [-0.39, 0.29) is 12.4 Å². The van der Waals surface area contributed by atoms with E-state index in [9.17, 15) is 14.4 Å². The van der Waals surface area contributed by atoms with Gasteiger partial charge in [-0.3, -0.25) is 14.4 Å². The molecular weight excluding hydrogens is 316 g/mol. The second-order valence-corrected chi connectivity index (χ2v) is 4.71. The second-order valence-electron chi connectivity index (χ2n) is 3.79. The van der Waals surface area contributed by atoms with E-state index >= 15 is 0 Å². The minimum Gasteiger partial charge on any atom is -0.461 e. The Morgan fingerprint density at radius 3 is 2.32 bits per heavy atom. The molecule has 0 saturated carbocycles. The van der Waals surface area contributed by atoms with Crippen molar-refractivity contribution in [1.29, 1.82) is 0 Å². The number of nitrogens with zero attached hydrogens (tertiary/aromatic N) is 2.